The van der Waals surface area contributed by atoms with Crippen molar-refractivity contribution in [2.24, 2.45) is 5.92 Å². The zero-order valence-corrected chi connectivity index (χ0v) is 22.9. The maximum atomic E-state index is 13.8. The lowest BCUT2D eigenvalue weighted by Crippen LogP contribution is -2.36. The molecule has 0 bridgehead atoms. The first-order valence-corrected chi connectivity index (χ1v) is 14.5. The van der Waals surface area contributed by atoms with Gasteiger partial charge in [0.2, 0.25) is 0 Å². The van der Waals surface area contributed by atoms with Crippen LogP contribution in [0.4, 0.5) is 5.82 Å². The molecular weight excluding hydrogens is 509 g/mol. The number of hydrogen-bond donors (Lipinski definition) is 2. The third-order valence-corrected chi connectivity index (χ3v) is 8.31. The molecule has 12 heteroatoms. The van der Waals surface area contributed by atoms with Crippen LogP contribution < -0.4 is 15.3 Å². The van der Waals surface area contributed by atoms with E-state index in [1.165, 1.54) is 6.33 Å². The largest absolute Gasteiger partial charge is 0.464 e. The summed E-state index contributed by atoms with van der Waals surface area (Å²) in [6.07, 6.45) is 4.05. The third kappa shape index (κ3) is 6.91. The summed E-state index contributed by atoms with van der Waals surface area (Å²) < 4.78 is 38.7. The fourth-order valence-corrected chi connectivity index (χ4v) is 5.81. The molecule has 0 radical (unpaired) electrons. The molecule has 1 saturated heterocycles. The molecule has 206 valence electrons. The van der Waals surface area contributed by atoms with Gasteiger partial charge in [0.15, 0.2) is 5.82 Å². The van der Waals surface area contributed by atoms with Gasteiger partial charge in [-0.05, 0) is 49.9 Å². The zero-order chi connectivity index (χ0) is 27.1. The van der Waals surface area contributed by atoms with Gasteiger partial charge in [0.05, 0.1) is 25.0 Å². The highest BCUT2D eigenvalue weighted by molar-refractivity contribution is 7.52. The molecule has 0 spiro atoms. The first kappa shape index (κ1) is 28.0. The highest BCUT2D eigenvalue weighted by Crippen LogP contribution is 2.46. The van der Waals surface area contributed by atoms with E-state index in [1.807, 2.05) is 18.2 Å². The number of nitrogens with one attached hydrogen (secondary N) is 1. The van der Waals surface area contributed by atoms with Gasteiger partial charge in [0.25, 0.3) is 0 Å². The lowest BCUT2D eigenvalue weighted by atomic mass is 10.1. The zero-order valence-electron chi connectivity index (χ0n) is 22.0. The fourth-order valence-electron chi connectivity index (χ4n) is 4.29. The number of aromatic nitrogens is 3. The van der Waals surface area contributed by atoms with E-state index >= 15 is 0 Å². The molecule has 0 saturated carbocycles. The van der Waals surface area contributed by atoms with Gasteiger partial charge in [-0.3, -0.25) is 9.32 Å². The maximum absolute atomic E-state index is 13.8. The Hall–Kier alpha value is -2.98. The van der Waals surface area contributed by atoms with Gasteiger partial charge in [-0.15, -0.1) is 0 Å². The van der Waals surface area contributed by atoms with Gasteiger partial charge in [-0.2, -0.15) is 10.2 Å². The molecule has 2 aromatic heterocycles. The fraction of sp³-hybridized carbons (Fsp3) is 0.500. The van der Waals surface area contributed by atoms with Crippen LogP contribution >= 0.6 is 7.75 Å². The monoisotopic (exact) mass is 545 g/mol. The van der Waals surface area contributed by atoms with E-state index in [-0.39, 0.29) is 24.7 Å². The topological polar surface area (TPSA) is 139 Å². The Bertz CT molecular complexity index is 1250. The summed E-state index contributed by atoms with van der Waals surface area (Å²) in [6, 6.07) is 11.5. The molecule has 1 aromatic carbocycles. The highest BCUT2D eigenvalue weighted by Gasteiger charge is 2.36. The molecule has 3 heterocycles. The van der Waals surface area contributed by atoms with Crippen LogP contribution in [0, 0.1) is 5.92 Å². The second kappa shape index (κ2) is 12.7. The van der Waals surface area contributed by atoms with Gasteiger partial charge >= 0.3 is 13.7 Å². The van der Waals surface area contributed by atoms with Gasteiger partial charge in [0.1, 0.15) is 29.7 Å². The van der Waals surface area contributed by atoms with Gasteiger partial charge in [0, 0.05) is 0 Å². The summed E-state index contributed by atoms with van der Waals surface area (Å²) in [4.78, 5) is 16.6. The molecule has 3 aromatic rings. The van der Waals surface area contributed by atoms with Crippen LogP contribution in [-0.4, -0.2) is 45.9 Å². The number of benzene rings is 1. The number of nitrogen functional groups attached to an aromatic ring is 1. The van der Waals surface area contributed by atoms with Gasteiger partial charge in [-0.25, -0.2) is 14.1 Å². The number of anilines is 1. The second-order valence-corrected chi connectivity index (χ2v) is 11.1. The molecule has 38 heavy (non-hydrogen) atoms. The van der Waals surface area contributed by atoms with Crippen molar-refractivity contribution in [3.05, 3.63) is 54.5 Å². The summed E-state index contributed by atoms with van der Waals surface area (Å²) >= 11 is 0. The summed E-state index contributed by atoms with van der Waals surface area (Å²) in [5.74, 6) is 0.503. The normalized spacial score (nSPS) is 19.9. The van der Waals surface area contributed by atoms with Crippen LogP contribution in [0.25, 0.3) is 5.52 Å². The third-order valence-electron chi connectivity index (χ3n) is 6.67. The summed E-state index contributed by atoms with van der Waals surface area (Å²) in [5.41, 5.74) is 7.51. The Balaban J connectivity index is 1.40. The smallest absolute Gasteiger partial charge is 0.459 e. The van der Waals surface area contributed by atoms with Crippen molar-refractivity contribution in [1.82, 2.24) is 19.7 Å². The summed E-state index contributed by atoms with van der Waals surface area (Å²) in [5, 5.41) is 7.03. The molecular formula is C26H36N5O6P. The van der Waals surface area contributed by atoms with Gasteiger partial charge in [-0.1, -0.05) is 44.9 Å². The number of nitrogens with two attached hydrogens (primary N) is 1. The Morgan fingerprint density at radius 3 is 2.71 bits per heavy atom. The molecule has 1 aliphatic heterocycles. The predicted molar refractivity (Wildman–Crippen MR) is 143 cm³/mol. The van der Waals surface area contributed by atoms with Crippen LogP contribution in [0.1, 0.15) is 58.3 Å². The quantitative estimate of drug-likeness (QED) is 0.230. The minimum absolute atomic E-state index is 0.00353. The lowest BCUT2D eigenvalue weighted by molar-refractivity contribution is -0.146. The van der Waals surface area contributed by atoms with Crippen LogP contribution in [0.3, 0.4) is 0 Å². The average Bonchev–Trinajstić information content (AvgIpc) is 3.56. The standard InChI is InChI=1S/C26H36N5O6P/c1-4-19(5-2)15-34-26(32)18(3)30-38(33,37-20-9-7-6-8-10-20)35-16-21-11-14-24(36-21)22-12-13-23-25(27)28-17-29-31(22)23/h6-10,12-13,17-19,21,24H,4-5,11,14-16H2,1-3H3,(H,30,33)(H2,27,28,29). The number of esters is 1. The maximum Gasteiger partial charge on any atom is 0.459 e. The van der Waals surface area contributed by atoms with Gasteiger partial charge < -0.3 is 19.7 Å². The van der Waals surface area contributed by atoms with E-state index < -0.39 is 19.8 Å². The molecule has 4 atom stereocenters. The summed E-state index contributed by atoms with van der Waals surface area (Å²) in [6.45, 7) is 6.00. The van der Waals surface area contributed by atoms with E-state index in [4.69, 9.17) is 24.3 Å². The van der Waals surface area contributed by atoms with E-state index in [1.54, 1.807) is 35.7 Å². The molecule has 11 nitrogen and oxygen atoms in total. The van der Waals surface area contributed by atoms with Crippen LogP contribution in [-0.2, 0) is 23.4 Å². The van der Waals surface area contributed by atoms with Crippen molar-refractivity contribution in [3.8, 4) is 5.75 Å². The molecule has 0 amide bonds. The van der Waals surface area contributed by atoms with E-state index in [9.17, 15) is 9.36 Å². The van der Waals surface area contributed by atoms with E-state index in [0.717, 1.165) is 25.0 Å². The molecule has 3 N–H and O–H groups in total. The van der Waals surface area contributed by atoms with Crippen molar-refractivity contribution in [2.45, 2.75) is 64.7 Å². The van der Waals surface area contributed by atoms with E-state index in [2.05, 4.69) is 29.0 Å². The molecule has 4 rings (SSSR count). The van der Waals surface area contributed by atoms with Crippen molar-refractivity contribution in [2.75, 3.05) is 18.9 Å². The Morgan fingerprint density at radius 1 is 1.21 bits per heavy atom. The number of fused-ring (bicyclic) bond motifs is 1. The number of carbonyl (C=O) groups excluding carboxylic acids is 1. The van der Waals surface area contributed by atoms with Crippen molar-refractivity contribution < 1.29 is 27.9 Å². The van der Waals surface area contributed by atoms with Crippen LogP contribution in [0.15, 0.2) is 48.8 Å². The Morgan fingerprint density at radius 2 is 1.97 bits per heavy atom. The predicted octanol–water partition coefficient (Wildman–Crippen LogP) is 4.69. The number of hydrogen-bond acceptors (Lipinski definition) is 9. The average molecular weight is 546 g/mol. The molecule has 0 aliphatic carbocycles. The molecule has 1 aliphatic rings. The minimum Gasteiger partial charge on any atom is -0.464 e. The Kier molecular flexibility index (Phi) is 9.38. The second-order valence-electron chi connectivity index (χ2n) is 9.39. The van der Waals surface area contributed by atoms with Crippen LogP contribution in [0.5, 0.6) is 5.75 Å². The number of ether oxygens (including phenoxy) is 2. The van der Waals surface area contributed by atoms with E-state index in [0.29, 0.717) is 30.1 Å². The highest BCUT2D eigenvalue weighted by atomic mass is 31.2. The SMILES string of the molecule is CCC(CC)COC(=O)C(C)NP(=O)(OCC1CCC(c2ccc3c(N)ncnn23)O1)Oc1ccccc1. The number of rotatable bonds is 13. The number of nitrogens with zero attached hydrogens (tertiary/aromatic N) is 3. The van der Waals surface area contributed by atoms with Crippen molar-refractivity contribution in [3.63, 3.8) is 0 Å². The minimum atomic E-state index is -3.96. The first-order valence-electron chi connectivity index (χ1n) is 13.0. The molecule has 1 fully saturated rings. The number of carbonyl (C=O) groups is 1. The first-order chi connectivity index (χ1) is 18.3. The summed E-state index contributed by atoms with van der Waals surface area (Å²) in [7, 11) is -3.96. The number of para-hydroxylation sites is 1. The van der Waals surface area contributed by atoms with Crippen molar-refractivity contribution >= 4 is 25.1 Å². The van der Waals surface area contributed by atoms with Crippen molar-refractivity contribution in [1.29, 1.82) is 0 Å². The Labute approximate surface area is 222 Å². The molecule has 4 unspecified atom stereocenters. The van der Waals surface area contributed by atoms with Crippen LogP contribution in [0.2, 0.25) is 0 Å². The lowest BCUT2D eigenvalue weighted by Gasteiger charge is -2.24.